The average Bonchev–Trinajstić information content (AvgIpc) is 3.24. The van der Waals surface area contributed by atoms with Gasteiger partial charge in [-0.3, -0.25) is 14.7 Å². The van der Waals surface area contributed by atoms with Crippen molar-refractivity contribution in [2.24, 2.45) is 0 Å². The minimum atomic E-state index is -0.161. The maximum atomic E-state index is 12.3. The van der Waals surface area contributed by atoms with Gasteiger partial charge < -0.3 is 4.52 Å². The number of carbonyl (C=O) groups excluding carboxylic acids is 1. The number of hydrogen-bond acceptors (Lipinski definition) is 5. The van der Waals surface area contributed by atoms with Gasteiger partial charge in [-0.1, -0.05) is 43.8 Å². The maximum absolute atomic E-state index is 12.3. The van der Waals surface area contributed by atoms with Crippen LogP contribution in [0, 0.1) is 13.8 Å². The van der Waals surface area contributed by atoms with Crippen LogP contribution in [0.1, 0.15) is 37.6 Å². The first kappa shape index (κ1) is 19.2. The van der Waals surface area contributed by atoms with E-state index < -0.39 is 0 Å². The third-order valence-corrected chi connectivity index (χ3v) is 5.22. The van der Waals surface area contributed by atoms with Gasteiger partial charge >= 0.3 is 0 Å². The molecule has 1 N–H and O–H groups in total. The Morgan fingerprint density at radius 2 is 2.00 bits per heavy atom. The summed E-state index contributed by atoms with van der Waals surface area (Å²) in [5.41, 5.74) is 4.17. The summed E-state index contributed by atoms with van der Waals surface area (Å²) < 4.78 is 7.19. The Labute approximate surface area is 163 Å². The monoisotopic (exact) mass is 384 g/mol. The molecule has 142 valence electrons. The molecule has 0 radical (unpaired) electrons. The average molecular weight is 385 g/mol. The molecule has 0 aliphatic heterocycles. The lowest BCUT2D eigenvalue weighted by Crippen LogP contribution is -2.14. The Bertz CT molecular complexity index is 953. The molecule has 3 aromatic rings. The quantitative estimate of drug-likeness (QED) is 0.656. The van der Waals surface area contributed by atoms with E-state index in [-0.39, 0.29) is 17.1 Å². The Kier molecular flexibility index (Phi) is 5.41. The number of thioether (sulfide) groups is 1. The normalized spacial score (nSPS) is 11.6. The molecule has 2 aromatic heterocycles. The van der Waals surface area contributed by atoms with E-state index in [0.29, 0.717) is 5.88 Å². The zero-order valence-electron chi connectivity index (χ0n) is 16.2. The molecule has 7 heteroatoms. The summed E-state index contributed by atoms with van der Waals surface area (Å²) in [6, 6.07) is 8.02. The first-order valence-electron chi connectivity index (χ1n) is 8.75. The Morgan fingerprint density at radius 1 is 1.22 bits per heavy atom. The maximum Gasteiger partial charge on any atom is 0.237 e. The summed E-state index contributed by atoms with van der Waals surface area (Å²) in [4.78, 5) is 16.6. The van der Waals surface area contributed by atoms with Gasteiger partial charge in [0.25, 0.3) is 0 Å². The summed E-state index contributed by atoms with van der Waals surface area (Å²) in [6.07, 6.45) is 3.64. The molecule has 3 rings (SSSR count). The van der Waals surface area contributed by atoms with Crippen LogP contribution in [0.25, 0.3) is 5.69 Å². The van der Waals surface area contributed by atoms with Gasteiger partial charge in [0.1, 0.15) is 0 Å². The lowest BCUT2D eigenvalue weighted by Gasteiger charge is -2.12. The summed E-state index contributed by atoms with van der Waals surface area (Å²) in [6.45, 7) is 10.3. The van der Waals surface area contributed by atoms with Crippen molar-refractivity contribution >= 4 is 23.6 Å². The van der Waals surface area contributed by atoms with Crippen molar-refractivity contribution in [3.05, 3.63) is 53.5 Å². The van der Waals surface area contributed by atoms with Gasteiger partial charge in [-0.05, 0) is 37.1 Å². The second-order valence-electron chi connectivity index (χ2n) is 7.51. The molecule has 0 aliphatic carbocycles. The molecule has 1 amide bonds. The summed E-state index contributed by atoms with van der Waals surface area (Å²) in [5.74, 6) is 0.433. The van der Waals surface area contributed by atoms with E-state index in [0.717, 1.165) is 16.5 Å². The van der Waals surface area contributed by atoms with Crippen molar-refractivity contribution in [3.63, 3.8) is 0 Å². The largest absolute Gasteiger partial charge is 0.338 e. The highest BCUT2D eigenvalue weighted by Gasteiger charge is 2.20. The van der Waals surface area contributed by atoms with E-state index >= 15 is 0 Å². The van der Waals surface area contributed by atoms with Gasteiger partial charge in [0.2, 0.25) is 11.8 Å². The number of carbonyl (C=O) groups is 1. The molecular formula is C20H24N4O2S. The van der Waals surface area contributed by atoms with Gasteiger partial charge in [0.15, 0.2) is 5.16 Å². The molecule has 6 nitrogen and oxygen atoms in total. The summed E-state index contributed by atoms with van der Waals surface area (Å²) in [7, 11) is 0. The van der Waals surface area contributed by atoms with E-state index in [4.69, 9.17) is 4.52 Å². The first-order valence-corrected chi connectivity index (χ1v) is 9.73. The fourth-order valence-electron chi connectivity index (χ4n) is 2.46. The molecule has 0 spiro atoms. The van der Waals surface area contributed by atoms with E-state index in [9.17, 15) is 4.79 Å². The molecule has 0 aliphatic rings. The van der Waals surface area contributed by atoms with Gasteiger partial charge in [-0.15, -0.1) is 0 Å². The van der Waals surface area contributed by atoms with Crippen molar-refractivity contribution < 1.29 is 9.32 Å². The molecule has 0 unspecified atom stereocenters. The van der Waals surface area contributed by atoms with Crippen molar-refractivity contribution in [1.82, 2.24) is 14.7 Å². The van der Waals surface area contributed by atoms with Crippen molar-refractivity contribution in [2.45, 2.75) is 45.2 Å². The number of hydrogen-bond donors (Lipinski definition) is 1. The van der Waals surface area contributed by atoms with Crippen molar-refractivity contribution in [1.29, 1.82) is 0 Å². The number of anilines is 1. The smallest absolute Gasteiger partial charge is 0.237 e. The van der Waals surface area contributed by atoms with Crippen molar-refractivity contribution in [2.75, 3.05) is 11.1 Å². The molecule has 2 heterocycles. The number of aromatic nitrogens is 3. The zero-order valence-corrected chi connectivity index (χ0v) is 17.1. The van der Waals surface area contributed by atoms with Crippen LogP contribution in [0.3, 0.4) is 0 Å². The number of benzene rings is 1. The Morgan fingerprint density at radius 3 is 2.67 bits per heavy atom. The van der Waals surface area contributed by atoms with Crippen LogP contribution >= 0.6 is 11.8 Å². The van der Waals surface area contributed by atoms with Crippen LogP contribution in [-0.4, -0.2) is 26.4 Å². The zero-order chi connectivity index (χ0) is 19.6. The van der Waals surface area contributed by atoms with Crippen LogP contribution in [0.4, 0.5) is 5.88 Å². The minimum absolute atomic E-state index is 0.127. The molecule has 0 saturated carbocycles. The van der Waals surface area contributed by atoms with E-state index in [1.165, 1.54) is 22.9 Å². The highest BCUT2D eigenvalue weighted by atomic mass is 32.2. The second kappa shape index (κ2) is 7.60. The molecule has 1 aromatic carbocycles. The lowest BCUT2D eigenvalue weighted by atomic mass is 9.92. The van der Waals surface area contributed by atoms with Crippen LogP contribution in [0.2, 0.25) is 0 Å². The van der Waals surface area contributed by atoms with Crippen LogP contribution in [0.15, 0.2) is 46.3 Å². The first-order chi connectivity index (χ1) is 12.7. The highest BCUT2D eigenvalue weighted by molar-refractivity contribution is 7.99. The molecule has 0 fully saturated rings. The number of aryl methyl sites for hydroxylation is 2. The van der Waals surface area contributed by atoms with Gasteiger partial charge in [0.05, 0.1) is 11.4 Å². The van der Waals surface area contributed by atoms with Gasteiger partial charge in [-0.25, -0.2) is 4.98 Å². The molecule has 27 heavy (non-hydrogen) atoms. The van der Waals surface area contributed by atoms with Gasteiger partial charge in [-0.2, -0.15) is 0 Å². The van der Waals surface area contributed by atoms with Crippen LogP contribution in [-0.2, 0) is 10.2 Å². The standard InChI is InChI=1S/C20H24N4O2S/c1-13-6-7-15(10-14(13)2)24-9-8-21-19(24)27-12-17(25)22-18-11-16(23-26-18)20(3,4)5/h6-11H,12H2,1-5H3,(H,22,25). The van der Waals surface area contributed by atoms with Crippen LogP contribution < -0.4 is 5.32 Å². The number of imidazole rings is 1. The van der Waals surface area contributed by atoms with E-state index in [1.54, 1.807) is 12.3 Å². The third kappa shape index (κ3) is 4.60. The number of nitrogens with one attached hydrogen (secondary N) is 1. The van der Waals surface area contributed by atoms with Crippen molar-refractivity contribution in [3.8, 4) is 5.69 Å². The predicted molar refractivity (Wildman–Crippen MR) is 108 cm³/mol. The van der Waals surface area contributed by atoms with E-state index in [1.807, 2.05) is 31.5 Å². The summed E-state index contributed by atoms with van der Waals surface area (Å²) >= 11 is 1.38. The molecule has 0 atom stereocenters. The lowest BCUT2D eigenvalue weighted by molar-refractivity contribution is -0.113. The van der Waals surface area contributed by atoms with Crippen LogP contribution in [0.5, 0.6) is 0 Å². The fraction of sp³-hybridized carbons (Fsp3) is 0.350. The minimum Gasteiger partial charge on any atom is -0.338 e. The number of amides is 1. The Balaban J connectivity index is 1.64. The molecular weight excluding hydrogens is 360 g/mol. The topological polar surface area (TPSA) is 73.0 Å². The summed E-state index contributed by atoms with van der Waals surface area (Å²) in [5, 5.41) is 7.52. The van der Waals surface area contributed by atoms with Gasteiger partial charge in [0, 0.05) is 29.6 Å². The SMILES string of the molecule is Cc1ccc(-n2ccnc2SCC(=O)Nc2cc(C(C)(C)C)no2)cc1C. The fourth-order valence-corrected chi connectivity index (χ4v) is 3.23. The number of rotatable bonds is 5. The Hall–Kier alpha value is -2.54. The third-order valence-electron chi connectivity index (χ3n) is 4.25. The van der Waals surface area contributed by atoms with E-state index in [2.05, 4.69) is 47.5 Å². The highest BCUT2D eigenvalue weighted by Crippen LogP contribution is 2.25. The number of nitrogens with zero attached hydrogens (tertiary/aromatic N) is 3. The second-order valence-corrected chi connectivity index (χ2v) is 8.45. The predicted octanol–water partition coefficient (Wildman–Crippen LogP) is 4.51. The molecule has 0 bridgehead atoms. The molecule has 0 saturated heterocycles.